The molecule has 0 aliphatic carbocycles. The van der Waals surface area contributed by atoms with Gasteiger partial charge >= 0.3 is 0 Å². The van der Waals surface area contributed by atoms with Gasteiger partial charge in [0.1, 0.15) is 6.61 Å². The Hall–Kier alpha value is -1.56. The summed E-state index contributed by atoms with van der Waals surface area (Å²) in [7, 11) is 0. The van der Waals surface area contributed by atoms with Crippen molar-refractivity contribution in [1.29, 1.82) is 0 Å². The number of ether oxygens (including phenoxy) is 3. The van der Waals surface area contributed by atoms with E-state index in [4.69, 9.17) is 14.2 Å². The van der Waals surface area contributed by atoms with E-state index in [0.29, 0.717) is 13.2 Å². The third kappa shape index (κ3) is 6.22. The van der Waals surface area contributed by atoms with Crippen molar-refractivity contribution in [2.75, 3.05) is 52.6 Å². The maximum absolute atomic E-state index is 5.67. The largest absolute Gasteiger partial charge is 0.490 e. The third-order valence-corrected chi connectivity index (χ3v) is 3.70. The zero-order chi connectivity index (χ0) is 16.3. The summed E-state index contributed by atoms with van der Waals surface area (Å²) in [6.45, 7) is 13.4. The number of benzene rings is 1. The van der Waals surface area contributed by atoms with Gasteiger partial charge in [-0.2, -0.15) is 0 Å². The lowest BCUT2D eigenvalue weighted by molar-refractivity contribution is 0.0384. The summed E-state index contributed by atoms with van der Waals surface area (Å²) < 4.78 is 16.6. The van der Waals surface area contributed by atoms with Gasteiger partial charge in [0.05, 0.1) is 19.8 Å². The van der Waals surface area contributed by atoms with E-state index in [2.05, 4.69) is 22.9 Å². The monoisotopic (exact) mass is 320 g/mol. The van der Waals surface area contributed by atoms with Crippen LogP contribution in [0.15, 0.2) is 30.9 Å². The number of hydrogen-bond donors (Lipinski definition) is 1. The molecule has 0 bridgehead atoms. The van der Waals surface area contributed by atoms with Gasteiger partial charge in [-0.05, 0) is 24.6 Å². The van der Waals surface area contributed by atoms with E-state index >= 15 is 0 Å². The predicted molar refractivity (Wildman–Crippen MR) is 92.3 cm³/mol. The number of nitrogens with one attached hydrogen (secondary N) is 1. The molecule has 23 heavy (non-hydrogen) atoms. The Morgan fingerprint density at radius 2 is 2.09 bits per heavy atom. The quantitative estimate of drug-likeness (QED) is 0.528. The van der Waals surface area contributed by atoms with Crippen molar-refractivity contribution >= 4 is 0 Å². The van der Waals surface area contributed by atoms with Crippen LogP contribution in [0.1, 0.15) is 12.5 Å². The second-order valence-electron chi connectivity index (χ2n) is 5.44. The number of morpholine rings is 1. The van der Waals surface area contributed by atoms with E-state index < -0.39 is 0 Å². The van der Waals surface area contributed by atoms with E-state index in [1.807, 2.05) is 19.1 Å². The summed E-state index contributed by atoms with van der Waals surface area (Å²) in [4.78, 5) is 2.42. The normalized spacial score (nSPS) is 15.3. The molecular weight excluding hydrogens is 292 g/mol. The molecule has 128 valence electrons. The van der Waals surface area contributed by atoms with Crippen LogP contribution >= 0.6 is 0 Å². The molecule has 1 saturated heterocycles. The molecule has 1 aliphatic rings. The van der Waals surface area contributed by atoms with Crippen molar-refractivity contribution in [3.63, 3.8) is 0 Å². The van der Waals surface area contributed by atoms with Crippen molar-refractivity contribution < 1.29 is 14.2 Å². The maximum Gasteiger partial charge on any atom is 0.161 e. The van der Waals surface area contributed by atoms with Crippen LogP contribution in [-0.4, -0.2) is 57.5 Å². The zero-order valence-electron chi connectivity index (χ0n) is 14.1. The first-order valence-corrected chi connectivity index (χ1v) is 8.33. The summed E-state index contributed by atoms with van der Waals surface area (Å²) in [6.07, 6.45) is 1.73. The molecule has 1 aromatic rings. The highest BCUT2D eigenvalue weighted by Gasteiger charge is 2.09. The van der Waals surface area contributed by atoms with Crippen LogP contribution in [0.25, 0.3) is 0 Å². The Labute approximate surface area is 139 Å². The molecule has 0 atom stereocenters. The Morgan fingerprint density at radius 3 is 2.83 bits per heavy atom. The molecule has 0 saturated carbocycles. The lowest BCUT2D eigenvalue weighted by Crippen LogP contribution is -2.40. The van der Waals surface area contributed by atoms with Crippen molar-refractivity contribution in [3.05, 3.63) is 36.4 Å². The van der Waals surface area contributed by atoms with Gasteiger partial charge in [0, 0.05) is 32.7 Å². The molecule has 5 nitrogen and oxygen atoms in total. The minimum Gasteiger partial charge on any atom is -0.490 e. The van der Waals surface area contributed by atoms with Gasteiger partial charge < -0.3 is 19.5 Å². The molecule has 0 aromatic heterocycles. The molecule has 1 heterocycles. The fourth-order valence-corrected chi connectivity index (χ4v) is 2.49. The first-order chi connectivity index (χ1) is 11.3. The van der Waals surface area contributed by atoms with Crippen LogP contribution in [0.5, 0.6) is 11.5 Å². The summed E-state index contributed by atoms with van der Waals surface area (Å²) in [5.74, 6) is 1.56. The van der Waals surface area contributed by atoms with Gasteiger partial charge in [-0.25, -0.2) is 0 Å². The molecule has 2 rings (SSSR count). The fourth-order valence-electron chi connectivity index (χ4n) is 2.49. The topological polar surface area (TPSA) is 43.0 Å². The highest BCUT2D eigenvalue weighted by molar-refractivity contribution is 5.43. The van der Waals surface area contributed by atoms with Crippen LogP contribution in [0.3, 0.4) is 0 Å². The second-order valence-corrected chi connectivity index (χ2v) is 5.44. The van der Waals surface area contributed by atoms with Crippen molar-refractivity contribution in [2.24, 2.45) is 0 Å². The first kappa shape index (κ1) is 17.8. The van der Waals surface area contributed by atoms with Gasteiger partial charge in [0.15, 0.2) is 11.5 Å². The molecule has 1 N–H and O–H groups in total. The van der Waals surface area contributed by atoms with E-state index in [0.717, 1.165) is 57.4 Å². The van der Waals surface area contributed by atoms with Crippen LogP contribution in [-0.2, 0) is 11.3 Å². The SMILES string of the molecule is C=CCOc1ccc(CNCCN2CCOCC2)cc1OCC. The minimum atomic E-state index is 0.483. The van der Waals surface area contributed by atoms with Crippen LogP contribution in [0.2, 0.25) is 0 Å². The van der Waals surface area contributed by atoms with E-state index in [-0.39, 0.29) is 0 Å². The average molecular weight is 320 g/mol. The summed E-state index contributed by atoms with van der Waals surface area (Å²) in [5, 5.41) is 3.49. The lowest BCUT2D eigenvalue weighted by atomic mass is 10.2. The van der Waals surface area contributed by atoms with E-state index in [1.165, 1.54) is 5.56 Å². The zero-order valence-corrected chi connectivity index (χ0v) is 14.1. The van der Waals surface area contributed by atoms with E-state index in [9.17, 15) is 0 Å². The van der Waals surface area contributed by atoms with Crippen molar-refractivity contribution in [2.45, 2.75) is 13.5 Å². The Kier molecular flexibility index (Phi) is 7.93. The molecule has 5 heteroatoms. The van der Waals surface area contributed by atoms with Crippen molar-refractivity contribution in [1.82, 2.24) is 10.2 Å². The van der Waals surface area contributed by atoms with Crippen molar-refractivity contribution in [3.8, 4) is 11.5 Å². The lowest BCUT2D eigenvalue weighted by Gasteiger charge is -2.26. The summed E-state index contributed by atoms with van der Waals surface area (Å²) >= 11 is 0. The number of hydrogen-bond acceptors (Lipinski definition) is 5. The molecular formula is C18H28N2O3. The molecule has 1 fully saturated rings. The van der Waals surface area contributed by atoms with Gasteiger partial charge in [-0.3, -0.25) is 4.90 Å². The first-order valence-electron chi connectivity index (χ1n) is 8.33. The maximum atomic E-state index is 5.67. The molecule has 0 unspecified atom stereocenters. The van der Waals surface area contributed by atoms with Gasteiger partial charge in [0.2, 0.25) is 0 Å². The number of rotatable bonds is 10. The Bertz CT molecular complexity index is 473. The second kappa shape index (κ2) is 10.3. The Balaban J connectivity index is 1.79. The van der Waals surface area contributed by atoms with E-state index in [1.54, 1.807) is 6.08 Å². The predicted octanol–water partition coefficient (Wildman–Crippen LogP) is 2.07. The molecule has 1 aliphatic heterocycles. The van der Waals surface area contributed by atoms with Crippen LogP contribution in [0.4, 0.5) is 0 Å². The highest BCUT2D eigenvalue weighted by Crippen LogP contribution is 2.28. The van der Waals surface area contributed by atoms with Gasteiger partial charge in [-0.1, -0.05) is 18.7 Å². The number of nitrogens with zero attached hydrogens (tertiary/aromatic N) is 1. The minimum absolute atomic E-state index is 0.483. The fraction of sp³-hybridized carbons (Fsp3) is 0.556. The summed E-state index contributed by atoms with van der Waals surface area (Å²) in [5.41, 5.74) is 1.20. The molecule has 0 spiro atoms. The molecule has 0 radical (unpaired) electrons. The Morgan fingerprint density at radius 1 is 1.26 bits per heavy atom. The smallest absolute Gasteiger partial charge is 0.161 e. The van der Waals surface area contributed by atoms with Gasteiger partial charge in [-0.15, -0.1) is 0 Å². The molecule has 1 aromatic carbocycles. The highest BCUT2D eigenvalue weighted by atomic mass is 16.5. The van der Waals surface area contributed by atoms with Crippen LogP contribution < -0.4 is 14.8 Å². The molecule has 0 amide bonds. The summed E-state index contributed by atoms with van der Waals surface area (Å²) in [6, 6.07) is 6.08. The standard InChI is InChI=1S/C18H28N2O3/c1-3-11-23-17-6-5-16(14-18(17)22-4-2)15-19-7-8-20-9-12-21-13-10-20/h3,5-6,14,19H,1,4,7-13,15H2,2H3. The third-order valence-electron chi connectivity index (χ3n) is 3.70. The van der Waals surface area contributed by atoms with Gasteiger partial charge in [0.25, 0.3) is 0 Å². The average Bonchev–Trinajstić information content (AvgIpc) is 2.59. The van der Waals surface area contributed by atoms with Crippen LogP contribution in [0, 0.1) is 0 Å².